The van der Waals surface area contributed by atoms with E-state index in [1.54, 1.807) is 13.8 Å². The Kier molecular flexibility index (Phi) is 3.62. The average molecular weight is 249 g/mol. The summed E-state index contributed by atoms with van der Waals surface area (Å²) >= 11 is 0. The summed E-state index contributed by atoms with van der Waals surface area (Å²) in [5, 5.41) is 10.1. The van der Waals surface area contributed by atoms with Crippen LogP contribution in [0.4, 0.5) is 0 Å². The lowest BCUT2D eigenvalue weighted by Crippen LogP contribution is -2.34. The first kappa shape index (κ1) is 13.3. The van der Waals surface area contributed by atoms with Crippen molar-refractivity contribution in [2.24, 2.45) is 0 Å². The standard InChI is InChI=1S/C15H23NO2/c1-4-5-9-16-13-8-6-7-11(13)10-12(14(16)17)15(2,3)18/h10,18H,4-9H2,1-3H3. The Bertz CT molecular complexity index is 494. The lowest BCUT2D eigenvalue weighted by molar-refractivity contribution is 0.0763. The van der Waals surface area contributed by atoms with Crippen LogP contribution in [0.5, 0.6) is 0 Å². The average Bonchev–Trinajstić information content (AvgIpc) is 2.73. The molecule has 0 atom stereocenters. The van der Waals surface area contributed by atoms with Gasteiger partial charge in [0, 0.05) is 17.8 Å². The summed E-state index contributed by atoms with van der Waals surface area (Å²) in [5.41, 5.74) is 1.93. The third kappa shape index (κ3) is 2.37. The molecule has 1 heterocycles. The molecule has 0 fully saturated rings. The number of aromatic nitrogens is 1. The number of aliphatic hydroxyl groups is 1. The van der Waals surface area contributed by atoms with Gasteiger partial charge in [0.15, 0.2) is 0 Å². The van der Waals surface area contributed by atoms with E-state index in [-0.39, 0.29) is 5.56 Å². The highest BCUT2D eigenvalue weighted by Crippen LogP contribution is 2.25. The number of fused-ring (bicyclic) bond motifs is 1. The molecule has 0 saturated heterocycles. The fourth-order valence-electron chi connectivity index (χ4n) is 2.71. The van der Waals surface area contributed by atoms with E-state index in [1.807, 2.05) is 10.6 Å². The molecule has 3 nitrogen and oxygen atoms in total. The quantitative estimate of drug-likeness (QED) is 0.890. The Morgan fingerprint density at radius 1 is 1.39 bits per heavy atom. The normalized spacial score (nSPS) is 14.9. The molecule has 0 saturated carbocycles. The topological polar surface area (TPSA) is 42.2 Å². The van der Waals surface area contributed by atoms with Gasteiger partial charge in [-0.25, -0.2) is 0 Å². The van der Waals surface area contributed by atoms with Gasteiger partial charge in [-0.3, -0.25) is 4.79 Å². The molecular formula is C15H23NO2. The number of pyridine rings is 1. The summed E-state index contributed by atoms with van der Waals surface area (Å²) in [7, 11) is 0. The van der Waals surface area contributed by atoms with Gasteiger partial charge in [0.05, 0.1) is 5.60 Å². The number of hydrogen-bond donors (Lipinski definition) is 1. The fourth-order valence-corrected chi connectivity index (χ4v) is 2.71. The highest BCUT2D eigenvalue weighted by molar-refractivity contribution is 5.32. The van der Waals surface area contributed by atoms with Gasteiger partial charge in [-0.15, -0.1) is 0 Å². The highest BCUT2D eigenvalue weighted by atomic mass is 16.3. The summed E-state index contributed by atoms with van der Waals surface area (Å²) in [6.45, 7) is 6.29. The van der Waals surface area contributed by atoms with Crippen LogP contribution in [0, 0.1) is 0 Å². The lowest BCUT2D eigenvalue weighted by atomic mass is 9.97. The lowest BCUT2D eigenvalue weighted by Gasteiger charge is -2.21. The molecule has 100 valence electrons. The largest absolute Gasteiger partial charge is 0.386 e. The molecule has 0 aromatic carbocycles. The second-order valence-corrected chi connectivity index (χ2v) is 5.75. The van der Waals surface area contributed by atoms with Crippen molar-refractivity contribution >= 4 is 0 Å². The van der Waals surface area contributed by atoms with Crippen molar-refractivity contribution in [1.29, 1.82) is 0 Å². The molecule has 0 unspecified atom stereocenters. The molecule has 1 aliphatic rings. The highest BCUT2D eigenvalue weighted by Gasteiger charge is 2.26. The molecule has 0 radical (unpaired) electrons. The van der Waals surface area contributed by atoms with Crippen molar-refractivity contribution in [2.45, 2.75) is 65.0 Å². The van der Waals surface area contributed by atoms with Gasteiger partial charge in [0.1, 0.15) is 0 Å². The summed E-state index contributed by atoms with van der Waals surface area (Å²) < 4.78 is 1.90. The summed E-state index contributed by atoms with van der Waals surface area (Å²) in [6.07, 6.45) is 5.25. The fraction of sp³-hybridized carbons (Fsp3) is 0.667. The van der Waals surface area contributed by atoms with E-state index in [2.05, 4.69) is 6.92 Å². The zero-order valence-electron chi connectivity index (χ0n) is 11.6. The summed E-state index contributed by atoms with van der Waals surface area (Å²) in [6, 6.07) is 1.92. The predicted octanol–water partition coefficient (Wildman–Crippen LogP) is 2.36. The molecule has 2 rings (SSSR count). The van der Waals surface area contributed by atoms with Gasteiger partial charge in [-0.2, -0.15) is 0 Å². The van der Waals surface area contributed by atoms with E-state index >= 15 is 0 Å². The molecule has 1 aromatic rings. The van der Waals surface area contributed by atoms with Crippen LogP contribution in [-0.4, -0.2) is 9.67 Å². The van der Waals surface area contributed by atoms with Crippen molar-refractivity contribution in [1.82, 2.24) is 4.57 Å². The SMILES string of the molecule is CCCCn1c2c(cc(C(C)(C)O)c1=O)CCC2. The Morgan fingerprint density at radius 2 is 2.11 bits per heavy atom. The maximum absolute atomic E-state index is 12.5. The van der Waals surface area contributed by atoms with Crippen LogP contribution in [0.25, 0.3) is 0 Å². The number of unbranched alkanes of at least 4 members (excludes halogenated alkanes) is 1. The number of rotatable bonds is 4. The Balaban J connectivity index is 2.56. The van der Waals surface area contributed by atoms with E-state index in [4.69, 9.17) is 0 Å². The number of aryl methyl sites for hydroxylation is 1. The molecule has 1 N–H and O–H groups in total. The van der Waals surface area contributed by atoms with Gasteiger partial charge in [0.25, 0.3) is 5.56 Å². The second kappa shape index (κ2) is 4.88. The van der Waals surface area contributed by atoms with E-state index in [9.17, 15) is 9.90 Å². The first-order valence-electron chi connectivity index (χ1n) is 6.93. The van der Waals surface area contributed by atoms with Gasteiger partial charge < -0.3 is 9.67 Å². The van der Waals surface area contributed by atoms with Crippen molar-refractivity contribution in [3.63, 3.8) is 0 Å². The van der Waals surface area contributed by atoms with Crippen LogP contribution < -0.4 is 5.56 Å². The van der Waals surface area contributed by atoms with Gasteiger partial charge in [0.2, 0.25) is 0 Å². The first-order chi connectivity index (χ1) is 8.45. The Morgan fingerprint density at radius 3 is 2.72 bits per heavy atom. The van der Waals surface area contributed by atoms with Crippen LogP contribution in [0.2, 0.25) is 0 Å². The van der Waals surface area contributed by atoms with Gasteiger partial charge in [-0.1, -0.05) is 13.3 Å². The summed E-state index contributed by atoms with van der Waals surface area (Å²) in [5.74, 6) is 0. The minimum absolute atomic E-state index is 0.00315. The van der Waals surface area contributed by atoms with Crippen LogP contribution in [0.1, 0.15) is 56.9 Å². The van der Waals surface area contributed by atoms with Crippen LogP contribution in [0.15, 0.2) is 10.9 Å². The van der Waals surface area contributed by atoms with Gasteiger partial charge in [-0.05, 0) is 51.2 Å². The van der Waals surface area contributed by atoms with Crippen LogP contribution >= 0.6 is 0 Å². The van der Waals surface area contributed by atoms with Crippen LogP contribution in [-0.2, 0) is 25.0 Å². The summed E-state index contributed by atoms with van der Waals surface area (Å²) in [4.78, 5) is 12.5. The van der Waals surface area contributed by atoms with Crippen LogP contribution in [0.3, 0.4) is 0 Å². The maximum Gasteiger partial charge on any atom is 0.256 e. The molecule has 3 heteroatoms. The van der Waals surface area contributed by atoms with Crippen molar-refractivity contribution < 1.29 is 5.11 Å². The molecule has 0 spiro atoms. The minimum atomic E-state index is -1.05. The van der Waals surface area contributed by atoms with Crippen molar-refractivity contribution in [2.75, 3.05) is 0 Å². The maximum atomic E-state index is 12.5. The smallest absolute Gasteiger partial charge is 0.256 e. The van der Waals surface area contributed by atoms with Crippen molar-refractivity contribution in [3.05, 3.63) is 33.2 Å². The Labute approximate surface area is 108 Å². The zero-order chi connectivity index (χ0) is 13.3. The Hall–Kier alpha value is -1.09. The van der Waals surface area contributed by atoms with E-state index in [0.717, 1.165) is 38.6 Å². The minimum Gasteiger partial charge on any atom is -0.386 e. The first-order valence-corrected chi connectivity index (χ1v) is 6.93. The molecule has 1 aliphatic carbocycles. The van der Waals surface area contributed by atoms with E-state index < -0.39 is 5.60 Å². The molecule has 0 aliphatic heterocycles. The van der Waals surface area contributed by atoms with Gasteiger partial charge >= 0.3 is 0 Å². The molecule has 1 aromatic heterocycles. The van der Waals surface area contributed by atoms with E-state index in [1.165, 1.54) is 11.3 Å². The number of hydrogen-bond acceptors (Lipinski definition) is 2. The molecule has 0 bridgehead atoms. The van der Waals surface area contributed by atoms with Crippen molar-refractivity contribution in [3.8, 4) is 0 Å². The zero-order valence-corrected chi connectivity index (χ0v) is 11.6. The molecular weight excluding hydrogens is 226 g/mol. The predicted molar refractivity (Wildman–Crippen MR) is 72.9 cm³/mol. The molecule has 18 heavy (non-hydrogen) atoms. The van der Waals surface area contributed by atoms with E-state index in [0.29, 0.717) is 5.56 Å². The monoisotopic (exact) mass is 249 g/mol. The molecule has 0 amide bonds. The second-order valence-electron chi connectivity index (χ2n) is 5.75. The third-order valence-electron chi connectivity index (χ3n) is 3.74. The number of nitrogens with zero attached hydrogens (tertiary/aromatic N) is 1. The third-order valence-corrected chi connectivity index (χ3v) is 3.74.